The van der Waals surface area contributed by atoms with E-state index in [1.807, 2.05) is 0 Å². The van der Waals surface area contributed by atoms with Crippen LogP contribution in [0.4, 0.5) is 18.0 Å². The molecule has 1 unspecified atom stereocenters. The van der Waals surface area contributed by atoms with Gasteiger partial charge in [0.25, 0.3) is 0 Å². The van der Waals surface area contributed by atoms with Gasteiger partial charge < -0.3 is 19.3 Å². The number of likely N-dealkylation sites (N-methyl/N-ethyl adjacent to an activating group) is 1. The van der Waals surface area contributed by atoms with Crippen molar-refractivity contribution in [2.75, 3.05) is 41.0 Å². The highest BCUT2D eigenvalue weighted by Crippen LogP contribution is 2.33. The molecule has 1 atom stereocenters. The molecule has 0 aliphatic heterocycles. The molecule has 0 saturated heterocycles. The molecule has 1 amide bonds. The third-order valence-corrected chi connectivity index (χ3v) is 6.38. The van der Waals surface area contributed by atoms with Gasteiger partial charge in [-0.25, -0.2) is 9.78 Å². The number of hydrogen-bond acceptors (Lipinski definition) is 8. The van der Waals surface area contributed by atoms with Crippen molar-refractivity contribution in [2.24, 2.45) is 0 Å². The van der Waals surface area contributed by atoms with Gasteiger partial charge in [-0.05, 0) is 37.9 Å². The number of aromatic nitrogens is 1. The van der Waals surface area contributed by atoms with Crippen molar-refractivity contribution in [2.45, 2.75) is 18.9 Å². The van der Waals surface area contributed by atoms with E-state index in [2.05, 4.69) is 9.71 Å². The normalized spacial score (nSPS) is 12.9. The van der Waals surface area contributed by atoms with Crippen molar-refractivity contribution in [3.05, 3.63) is 52.7 Å². The molecule has 11 nitrogen and oxygen atoms in total. The molecule has 37 heavy (non-hydrogen) atoms. The minimum atomic E-state index is -4.66. The van der Waals surface area contributed by atoms with Crippen LogP contribution < -0.4 is 14.2 Å². The zero-order chi connectivity index (χ0) is 27.8. The van der Waals surface area contributed by atoms with E-state index >= 15 is 0 Å². The number of amides is 1. The number of nitrogens with zero attached hydrogens (tertiary/aromatic N) is 3. The van der Waals surface area contributed by atoms with Crippen LogP contribution >= 0.6 is 11.6 Å². The predicted octanol–water partition coefficient (Wildman–Crippen LogP) is 3.06. The minimum Gasteiger partial charge on any atom is -0.491 e. The molecule has 2 rings (SSSR count). The van der Waals surface area contributed by atoms with Crippen LogP contribution in [0.5, 0.6) is 11.6 Å². The largest absolute Gasteiger partial charge is 0.491 e. The van der Waals surface area contributed by atoms with E-state index in [0.29, 0.717) is 36.8 Å². The van der Waals surface area contributed by atoms with E-state index in [1.54, 1.807) is 12.1 Å². The highest BCUT2D eigenvalue weighted by atomic mass is 35.5. The highest BCUT2D eigenvalue weighted by Gasteiger charge is 2.33. The van der Waals surface area contributed by atoms with Crippen molar-refractivity contribution in [1.82, 2.24) is 18.9 Å². The van der Waals surface area contributed by atoms with Gasteiger partial charge in [0, 0.05) is 13.3 Å². The molecule has 16 heteroatoms. The number of pyridine rings is 1. The van der Waals surface area contributed by atoms with Gasteiger partial charge in [0.2, 0.25) is 5.88 Å². The van der Waals surface area contributed by atoms with Gasteiger partial charge in [0.05, 0.1) is 25.3 Å². The Morgan fingerprint density at radius 3 is 2.38 bits per heavy atom. The lowest BCUT2D eigenvalue weighted by Crippen LogP contribution is -2.49. The van der Waals surface area contributed by atoms with Crippen molar-refractivity contribution in [3.8, 4) is 11.6 Å². The lowest BCUT2D eigenvalue weighted by molar-refractivity contribution is -0.137. The smallest absolute Gasteiger partial charge is 0.422 e. The van der Waals surface area contributed by atoms with E-state index in [1.165, 1.54) is 38.2 Å². The number of benzene rings is 1. The Bertz CT molecular complexity index is 1150. The van der Waals surface area contributed by atoms with Crippen molar-refractivity contribution in [1.29, 1.82) is 0 Å². The fraction of sp³-hybridized carbons (Fsp3) is 0.429. The number of ether oxygens (including phenoxy) is 3. The molecule has 1 aromatic carbocycles. The third-order valence-electron chi connectivity index (χ3n) is 4.71. The first-order valence-corrected chi connectivity index (χ1v) is 12.3. The van der Waals surface area contributed by atoms with Crippen LogP contribution in [0.25, 0.3) is 0 Å². The molecule has 0 radical (unpaired) electrons. The molecule has 0 aliphatic carbocycles. The van der Waals surface area contributed by atoms with Gasteiger partial charge in [-0.15, -0.1) is 0 Å². The summed E-state index contributed by atoms with van der Waals surface area (Å²) in [5, 5.41) is 9.07. The molecule has 0 fully saturated rings. The fourth-order valence-corrected chi connectivity index (χ4v) is 3.98. The quantitative estimate of drug-likeness (QED) is 0.275. The zero-order valence-corrected chi connectivity index (χ0v) is 21.6. The standard InChI is InChI=1S/C21H26ClF3N4O7S/c1-28(2)18(36-19-17(22)10-15(11-26-19)21(23,24)25)12-27-37(32,33)29(20(30)31)13-14-4-6-16(7-5-14)35-9-8-34-3/h4-7,10-11,18,27H,8-9,12-13H2,1-3H3,(H,30,31). The molecule has 0 saturated carbocycles. The van der Waals surface area contributed by atoms with Crippen LogP contribution in [0.2, 0.25) is 5.02 Å². The van der Waals surface area contributed by atoms with Crippen molar-refractivity contribution < 1.29 is 45.7 Å². The zero-order valence-electron chi connectivity index (χ0n) is 20.0. The molecule has 1 aromatic heterocycles. The number of methoxy groups -OCH3 is 1. The lowest BCUT2D eigenvalue weighted by atomic mass is 10.2. The Labute approximate surface area is 216 Å². The average molecular weight is 571 g/mol. The number of halogens is 4. The second-order valence-electron chi connectivity index (χ2n) is 7.67. The lowest BCUT2D eigenvalue weighted by Gasteiger charge is -2.27. The van der Waals surface area contributed by atoms with Crippen LogP contribution in [0.3, 0.4) is 0 Å². The molecule has 2 aromatic rings. The van der Waals surface area contributed by atoms with Gasteiger partial charge in [-0.2, -0.15) is 30.6 Å². The number of alkyl halides is 3. The van der Waals surface area contributed by atoms with E-state index in [-0.39, 0.29) is 10.2 Å². The summed E-state index contributed by atoms with van der Waals surface area (Å²) in [4.78, 5) is 16.7. The Kier molecular flexibility index (Phi) is 10.8. The number of rotatable bonds is 13. The first-order chi connectivity index (χ1) is 17.2. The third kappa shape index (κ3) is 9.19. The fourth-order valence-electron chi connectivity index (χ4n) is 2.74. The van der Waals surface area contributed by atoms with E-state index < -0.39 is 52.4 Å². The molecule has 1 heterocycles. The first kappa shape index (κ1) is 30.4. The summed E-state index contributed by atoms with van der Waals surface area (Å²) < 4.78 is 82.2. The van der Waals surface area contributed by atoms with Gasteiger partial charge >= 0.3 is 22.5 Å². The SMILES string of the molecule is COCCOc1ccc(CN(C(=O)O)S(=O)(=O)NCC(Oc2ncc(C(F)(F)F)cc2Cl)N(C)C)cc1. The van der Waals surface area contributed by atoms with E-state index in [0.717, 1.165) is 0 Å². The van der Waals surface area contributed by atoms with Gasteiger partial charge in [0.1, 0.15) is 17.4 Å². The van der Waals surface area contributed by atoms with Crippen LogP contribution in [-0.2, 0) is 27.7 Å². The maximum absolute atomic E-state index is 12.8. The van der Waals surface area contributed by atoms with Crippen LogP contribution in [-0.4, -0.2) is 81.0 Å². The summed E-state index contributed by atoms with van der Waals surface area (Å²) in [7, 11) is -0.0502. The summed E-state index contributed by atoms with van der Waals surface area (Å²) in [6.07, 6.45) is -6.97. The number of carboxylic acid groups (broad SMARTS) is 1. The van der Waals surface area contributed by atoms with Crippen molar-refractivity contribution in [3.63, 3.8) is 0 Å². The number of hydrogen-bond donors (Lipinski definition) is 2. The molecule has 0 bridgehead atoms. The average Bonchev–Trinajstić information content (AvgIpc) is 2.81. The second kappa shape index (κ2) is 13.1. The predicted molar refractivity (Wildman–Crippen MR) is 127 cm³/mol. The number of carbonyl (C=O) groups is 1. The highest BCUT2D eigenvalue weighted by molar-refractivity contribution is 7.87. The summed E-state index contributed by atoms with van der Waals surface area (Å²) in [5.74, 6) is 0.126. The number of nitrogens with one attached hydrogen (secondary N) is 1. The molecule has 0 aliphatic rings. The van der Waals surface area contributed by atoms with Crippen LogP contribution in [0.1, 0.15) is 11.1 Å². The Hall–Kier alpha value is -2.85. The van der Waals surface area contributed by atoms with Crippen LogP contribution in [0, 0.1) is 0 Å². The van der Waals surface area contributed by atoms with Crippen molar-refractivity contribution >= 4 is 27.9 Å². The Morgan fingerprint density at radius 2 is 1.86 bits per heavy atom. The second-order valence-corrected chi connectivity index (χ2v) is 9.76. The summed E-state index contributed by atoms with van der Waals surface area (Å²) in [5.41, 5.74) is -0.716. The van der Waals surface area contributed by atoms with E-state index in [9.17, 15) is 31.5 Å². The topological polar surface area (TPSA) is 131 Å². The first-order valence-electron chi connectivity index (χ1n) is 10.5. The molecular formula is C21H26ClF3N4O7S. The molecular weight excluding hydrogens is 545 g/mol. The summed E-state index contributed by atoms with van der Waals surface area (Å²) in [6, 6.07) is 6.76. The maximum atomic E-state index is 12.8. The van der Waals surface area contributed by atoms with E-state index in [4.69, 9.17) is 25.8 Å². The summed E-state index contributed by atoms with van der Waals surface area (Å²) >= 11 is 5.86. The van der Waals surface area contributed by atoms with Gasteiger partial charge in [0.15, 0.2) is 6.23 Å². The summed E-state index contributed by atoms with van der Waals surface area (Å²) in [6.45, 7) is -0.303. The minimum absolute atomic E-state index is 0.198. The molecule has 206 valence electrons. The maximum Gasteiger partial charge on any atom is 0.422 e. The molecule has 2 N–H and O–H groups in total. The Balaban J connectivity index is 2.10. The Morgan fingerprint density at radius 1 is 1.22 bits per heavy atom. The van der Waals surface area contributed by atoms with Gasteiger partial charge in [-0.1, -0.05) is 23.7 Å². The monoisotopic (exact) mass is 570 g/mol. The van der Waals surface area contributed by atoms with Gasteiger partial charge in [-0.3, -0.25) is 4.90 Å². The van der Waals surface area contributed by atoms with Crippen LogP contribution in [0.15, 0.2) is 36.5 Å². The molecule has 0 spiro atoms.